The van der Waals surface area contributed by atoms with Gasteiger partial charge in [0.2, 0.25) is 0 Å². The van der Waals surface area contributed by atoms with Gasteiger partial charge in [0, 0.05) is 6.26 Å². The van der Waals surface area contributed by atoms with Crippen LogP contribution in [0.3, 0.4) is 0 Å². The summed E-state index contributed by atoms with van der Waals surface area (Å²) in [5.41, 5.74) is 0.488. The molecule has 0 aliphatic heterocycles. The van der Waals surface area contributed by atoms with Gasteiger partial charge in [0.1, 0.15) is 5.25 Å². The van der Waals surface area contributed by atoms with Crippen molar-refractivity contribution >= 4 is 9.84 Å². The van der Waals surface area contributed by atoms with Gasteiger partial charge in [-0.1, -0.05) is 30.3 Å². The van der Waals surface area contributed by atoms with E-state index in [9.17, 15) is 13.5 Å². The van der Waals surface area contributed by atoms with Crippen molar-refractivity contribution in [1.82, 2.24) is 0 Å². The van der Waals surface area contributed by atoms with Crippen LogP contribution in [-0.4, -0.2) is 36.7 Å². The van der Waals surface area contributed by atoms with Crippen LogP contribution in [0.4, 0.5) is 0 Å². The lowest BCUT2D eigenvalue weighted by atomic mass is 10.1. The standard InChI is InChI=1S/C10H14O4S/c1-15(13,14)9(7-11)10(12)8-5-3-2-4-6-8/h2-6,9-12H,7H2,1H3/t9-,10-/m0/s1. The van der Waals surface area contributed by atoms with Crippen molar-refractivity contribution < 1.29 is 18.6 Å². The highest BCUT2D eigenvalue weighted by molar-refractivity contribution is 7.91. The maximum atomic E-state index is 11.3. The molecule has 0 amide bonds. The summed E-state index contributed by atoms with van der Waals surface area (Å²) in [5, 5.41) is 17.6. The Kier molecular flexibility index (Phi) is 3.84. The molecule has 0 unspecified atom stereocenters. The molecular formula is C10H14O4S. The van der Waals surface area contributed by atoms with Gasteiger partial charge in [-0.3, -0.25) is 0 Å². The van der Waals surface area contributed by atoms with E-state index in [1.54, 1.807) is 30.3 Å². The summed E-state index contributed by atoms with van der Waals surface area (Å²) in [6, 6.07) is 8.42. The third-order valence-corrected chi connectivity index (χ3v) is 3.73. The van der Waals surface area contributed by atoms with Gasteiger partial charge >= 0.3 is 0 Å². The van der Waals surface area contributed by atoms with Crippen LogP contribution in [0, 0.1) is 0 Å². The summed E-state index contributed by atoms with van der Waals surface area (Å²) in [6.45, 7) is -0.588. The Labute approximate surface area is 89.1 Å². The van der Waals surface area contributed by atoms with E-state index in [4.69, 9.17) is 5.11 Å². The highest BCUT2D eigenvalue weighted by Crippen LogP contribution is 2.20. The predicted octanol–water partition coefficient (Wildman–Crippen LogP) is 0.125. The fourth-order valence-electron chi connectivity index (χ4n) is 1.33. The molecule has 1 rings (SSSR count). The SMILES string of the molecule is CS(=O)(=O)[C@@H](CO)[C@@H](O)c1ccccc1. The van der Waals surface area contributed by atoms with Crippen LogP contribution >= 0.6 is 0 Å². The normalized spacial score (nSPS) is 15.9. The topological polar surface area (TPSA) is 74.6 Å². The van der Waals surface area contributed by atoms with Crippen molar-refractivity contribution in [3.8, 4) is 0 Å². The number of hydrogen-bond donors (Lipinski definition) is 2. The van der Waals surface area contributed by atoms with Crippen molar-refractivity contribution in [3.05, 3.63) is 35.9 Å². The molecule has 2 N–H and O–H groups in total. The number of benzene rings is 1. The Bertz CT molecular complexity index is 399. The third-order valence-electron chi connectivity index (χ3n) is 2.22. The van der Waals surface area contributed by atoms with Gasteiger partial charge in [0.25, 0.3) is 0 Å². The molecule has 0 fully saturated rings. The Morgan fingerprint density at radius 2 is 1.80 bits per heavy atom. The Balaban J connectivity index is 2.98. The second kappa shape index (κ2) is 4.74. The van der Waals surface area contributed by atoms with Gasteiger partial charge in [-0.15, -0.1) is 0 Å². The molecule has 5 heteroatoms. The lowest BCUT2D eigenvalue weighted by Gasteiger charge is -2.19. The Morgan fingerprint density at radius 1 is 1.27 bits per heavy atom. The minimum Gasteiger partial charge on any atom is -0.395 e. The average molecular weight is 230 g/mol. The second-order valence-electron chi connectivity index (χ2n) is 3.41. The van der Waals surface area contributed by atoms with Crippen molar-refractivity contribution in [2.45, 2.75) is 11.4 Å². The van der Waals surface area contributed by atoms with Gasteiger partial charge in [0.05, 0.1) is 12.7 Å². The predicted molar refractivity (Wildman–Crippen MR) is 57.1 cm³/mol. The van der Waals surface area contributed by atoms with E-state index in [1.165, 1.54) is 0 Å². The molecule has 1 aromatic carbocycles. The molecule has 0 saturated heterocycles. The molecule has 15 heavy (non-hydrogen) atoms. The zero-order chi connectivity index (χ0) is 11.5. The van der Waals surface area contributed by atoms with Crippen LogP contribution < -0.4 is 0 Å². The summed E-state index contributed by atoms with van der Waals surface area (Å²) < 4.78 is 22.5. The van der Waals surface area contributed by atoms with Gasteiger partial charge < -0.3 is 10.2 Å². The van der Waals surface area contributed by atoms with Crippen LogP contribution in [0.15, 0.2) is 30.3 Å². The van der Waals surface area contributed by atoms with Crippen LogP contribution in [0.5, 0.6) is 0 Å². The molecule has 0 spiro atoms. The monoisotopic (exact) mass is 230 g/mol. The second-order valence-corrected chi connectivity index (χ2v) is 5.67. The molecule has 0 aliphatic rings. The molecule has 0 aliphatic carbocycles. The third kappa shape index (κ3) is 3.02. The molecule has 0 aromatic heterocycles. The summed E-state index contributed by atoms with van der Waals surface area (Å²) in [6.07, 6.45) is -0.189. The van der Waals surface area contributed by atoms with Crippen molar-refractivity contribution in [2.75, 3.05) is 12.9 Å². The van der Waals surface area contributed by atoms with Crippen LogP contribution in [0.2, 0.25) is 0 Å². The molecule has 0 radical (unpaired) electrons. The zero-order valence-corrected chi connectivity index (χ0v) is 9.18. The molecule has 0 bridgehead atoms. The lowest BCUT2D eigenvalue weighted by molar-refractivity contribution is 0.138. The minimum absolute atomic E-state index is 0.488. The molecule has 1 aromatic rings. The molecule has 84 valence electrons. The van der Waals surface area contributed by atoms with Gasteiger partial charge in [-0.25, -0.2) is 8.42 Å². The van der Waals surface area contributed by atoms with E-state index in [0.717, 1.165) is 6.26 Å². The molecule has 4 nitrogen and oxygen atoms in total. The van der Waals surface area contributed by atoms with Gasteiger partial charge in [0.15, 0.2) is 9.84 Å². The average Bonchev–Trinajstić information content (AvgIpc) is 2.18. The lowest BCUT2D eigenvalue weighted by Crippen LogP contribution is -2.31. The number of sulfone groups is 1. The summed E-state index contributed by atoms with van der Waals surface area (Å²) in [7, 11) is -3.46. The first kappa shape index (κ1) is 12.2. The first-order valence-electron chi connectivity index (χ1n) is 4.49. The maximum absolute atomic E-state index is 11.3. The first-order valence-corrected chi connectivity index (χ1v) is 6.45. The summed E-state index contributed by atoms with van der Waals surface area (Å²) >= 11 is 0. The van der Waals surface area contributed by atoms with E-state index in [1.807, 2.05) is 0 Å². The molecule has 0 saturated carbocycles. The van der Waals surface area contributed by atoms with Crippen LogP contribution in [0.1, 0.15) is 11.7 Å². The first-order chi connectivity index (χ1) is 6.96. The van der Waals surface area contributed by atoms with Crippen LogP contribution in [-0.2, 0) is 9.84 Å². The Morgan fingerprint density at radius 3 is 2.20 bits per heavy atom. The van der Waals surface area contributed by atoms with E-state index >= 15 is 0 Å². The number of rotatable bonds is 4. The fraction of sp³-hybridized carbons (Fsp3) is 0.400. The number of aliphatic hydroxyl groups excluding tert-OH is 2. The molecule has 0 heterocycles. The molecular weight excluding hydrogens is 216 g/mol. The fourth-order valence-corrected chi connectivity index (χ4v) is 2.23. The van der Waals surface area contributed by atoms with Gasteiger partial charge in [-0.2, -0.15) is 0 Å². The number of aliphatic hydroxyl groups is 2. The summed E-state index contributed by atoms with van der Waals surface area (Å²) in [4.78, 5) is 0. The highest BCUT2D eigenvalue weighted by atomic mass is 32.2. The highest BCUT2D eigenvalue weighted by Gasteiger charge is 2.29. The van der Waals surface area contributed by atoms with E-state index in [0.29, 0.717) is 5.56 Å². The largest absolute Gasteiger partial charge is 0.395 e. The van der Waals surface area contributed by atoms with E-state index in [2.05, 4.69) is 0 Å². The Hall–Kier alpha value is -0.910. The summed E-state index contributed by atoms with van der Waals surface area (Å²) in [5.74, 6) is 0. The quantitative estimate of drug-likeness (QED) is 0.770. The minimum atomic E-state index is -3.46. The van der Waals surface area contributed by atoms with Crippen molar-refractivity contribution in [2.24, 2.45) is 0 Å². The smallest absolute Gasteiger partial charge is 0.155 e. The van der Waals surface area contributed by atoms with Crippen molar-refractivity contribution in [1.29, 1.82) is 0 Å². The maximum Gasteiger partial charge on any atom is 0.155 e. The van der Waals surface area contributed by atoms with Crippen LogP contribution in [0.25, 0.3) is 0 Å². The molecule has 2 atom stereocenters. The van der Waals surface area contributed by atoms with E-state index in [-0.39, 0.29) is 0 Å². The van der Waals surface area contributed by atoms with Crippen molar-refractivity contribution in [3.63, 3.8) is 0 Å². The number of hydrogen-bond acceptors (Lipinski definition) is 4. The van der Waals surface area contributed by atoms with E-state index < -0.39 is 27.8 Å². The van der Waals surface area contributed by atoms with Gasteiger partial charge in [-0.05, 0) is 5.56 Å². The zero-order valence-electron chi connectivity index (χ0n) is 8.37.